The van der Waals surface area contributed by atoms with Crippen LogP contribution in [0.15, 0.2) is 0 Å². The van der Waals surface area contributed by atoms with Crippen molar-refractivity contribution in [2.45, 2.75) is 117 Å². The molecule has 0 aliphatic carbocycles. The fraction of sp³-hybridized carbons (Fsp3) is 0.952. The van der Waals surface area contributed by atoms with Gasteiger partial charge in [-0.15, -0.1) is 0 Å². The molecule has 0 saturated carbocycles. The molecular formula is C21H42O3. The maximum absolute atomic E-state index is 11.5. The molecule has 0 saturated heterocycles. The standard InChI is InChI=1S/C21H42O3/c1-4-6-8-10-12-14-16-20(18-24-21(23)19(3)22)17-15-13-11-9-7-5-2/h19-20,22H,4-18H2,1-3H3. The highest BCUT2D eigenvalue weighted by atomic mass is 16.5. The SMILES string of the molecule is CCCCCCCCC(CCCCCCCC)COC(=O)C(C)O. The van der Waals surface area contributed by atoms with Gasteiger partial charge in [-0.1, -0.05) is 90.9 Å². The van der Waals surface area contributed by atoms with Gasteiger partial charge >= 0.3 is 5.97 Å². The molecule has 0 fully saturated rings. The van der Waals surface area contributed by atoms with Gasteiger partial charge in [0, 0.05) is 0 Å². The maximum atomic E-state index is 11.5. The summed E-state index contributed by atoms with van der Waals surface area (Å²) in [5.41, 5.74) is 0. The third-order valence-corrected chi connectivity index (χ3v) is 4.73. The number of rotatable bonds is 17. The van der Waals surface area contributed by atoms with Gasteiger partial charge in [0.05, 0.1) is 6.61 Å². The highest BCUT2D eigenvalue weighted by Crippen LogP contribution is 2.20. The molecule has 0 heterocycles. The summed E-state index contributed by atoms with van der Waals surface area (Å²) < 4.78 is 5.27. The first-order valence-corrected chi connectivity index (χ1v) is 10.5. The van der Waals surface area contributed by atoms with E-state index in [1.54, 1.807) is 0 Å². The summed E-state index contributed by atoms with van der Waals surface area (Å²) in [5.74, 6) is -0.0176. The average Bonchev–Trinajstić information content (AvgIpc) is 2.57. The normalized spacial score (nSPS) is 12.5. The molecule has 144 valence electrons. The minimum Gasteiger partial charge on any atom is -0.463 e. The van der Waals surface area contributed by atoms with E-state index in [1.165, 1.54) is 84.0 Å². The smallest absolute Gasteiger partial charge is 0.334 e. The Morgan fingerprint density at radius 2 is 1.21 bits per heavy atom. The van der Waals surface area contributed by atoms with Crippen molar-refractivity contribution < 1.29 is 14.6 Å². The van der Waals surface area contributed by atoms with Crippen LogP contribution in [0.5, 0.6) is 0 Å². The van der Waals surface area contributed by atoms with Gasteiger partial charge in [0.2, 0.25) is 0 Å². The Hall–Kier alpha value is -0.570. The number of aliphatic hydroxyl groups excluding tert-OH is 1. The second kappa shape index (κ2) is 17.3. The Morgan fingerprint density at radius 3 is 1.62 bits per heavy atom. The van der Waals surface area contributed by atoms with Gasteiger partial charge in [-0.25, -0.2) is 4.79 Å². The molecule has 0 aliphatic rings. The first-order valence-electron chi connectivity index (χ1n) is 10.5. The molecule has 0 rings (SSSR count). The molecular weight excluding hydrogens is 300 g/mol. The zero-order valence-corrected chi connectivity index (χ0v) is 16.5. The van der Waals surface area contributed by atoms with Crippen molar-refractivity contribution in [3.63, 3.8) is 0 Å². The van der Waals surface area contributed by atoms with Crippen LogP contribution in [0.1, 0.15) is 111 Å². The quantitative estimate of drug-likeness (QED) is 0.259. The van der Waals surface area contributed by atoms with Crippen LogP contribution < -0.4 is 0 Å². The van der Waals surface area contributed by atoms with Crippen molar-refractivity contribution >= 4 is 5.97 Å². The molecule has 0 aliphatic heterocycles. The number of carbonyl (C=O) groups excluding carboxylic acids is 1. The van der Waals surface area contributed by atoms with Crippen LogP contribution in [0.2, 0.25) is 0 Å². The summed E-state index contributed by atoms with van der Waals surface area (Å²) >= 11 is 0. The van der Waals surface area contributed by atoms with E-state index in [2.05, 4.69) is 13.8 Å². The lowest BCUT2D eigenvalue weighted by atomic mass is 9.94. The Balaban J connectivity index is 3.93. The van der Waals surface area contributed by atoms with Crippen LogP contribution in [0.4, 0.5) is 0 Å². The monoisotopic (exact) mass is 342 g/mol. The molecule has 1 N–H and O–H groups in total. The minimum absolute atomic E-state index is 0.463. The van der Waals surface area contributed by atoms with E-state index in [4.69, 9.17) is 4.74 Å². The fourth-order valence-corrected chi connectivity index (χ4v) is 3.06. The first kappa shape index (κ1) is 23.4. The van der Waals surface area contributed by atoms with Gasteiger partial charge < -0.3 is 9.84 Å². The number of esters is 1. The molecule has 24 heavy (non-hydrogen) atoms. The van der Waals surface area contributed by atoms with Crippen LogP contribution in [-0.4, -0.2) is 23.8 Å². The van der Waals surface area contributed by atoms with Crippen LogP contribution in [-0.2, 0) is 9.53 Å². The van der Waals surface area contributed by atoms with Gasteiger partial charge in [-0.3, -0.25) is 0 Å². The largest absolute Gasteiger partial charge is 0.463 e. The molecule has 3 nitrogen and oxygen atoms in total. The molecule has 0 bridgehead atoms. The van der Waals surface area contributed by atoms with Crippen LogP contribution in [0.25, 0.3) is 0 Å². The van der Waals surface area contributed by atoms with Crippen molar-refractivity contribution in [3.8, 4) is 0 Å². The Labute approximate surface area is 150 Å². The van der Waals surface area contributed by atoms with Gasteiger partial charge in [0.15, 0.2) is 0 Å². The number of hydrogen-bond acceptors (Lipinski definition) is 3. The number of ether oxygens (including phenoxy) is 1. The number of aliphatic hydroxyl groups is 1. The molecule has 0 aromatic carbocycles. The number of hydrogen-bond donors (Lipinski definition) is 1. The van der Waals surface area contributed by atoms with Gasteiger partial charge in [0.1, 0.15) is 6.10 Å². The second-order valence-corrected chi connectivity index (χ2v) is 7.28. The van der Waals surface area contributed by atoms with Gasteiger partial charge in [-0.2, -0.15) is 0 Å². The molecule has 0 amide bonds. The van der Waals surface area contributed by atoms with E-state index in [-0.39, 0.29) is 0 Å². The Morgan fingerprint density at radius 1 is 0.792 bits per heavy atom. The lowest BCUT2D eigenvalue weighted by molar-refractivity contribution is -0.154. The summed E-state index contributed by atoms with van der Waals surface area (Å²) in [6.07, 6.45) is 16.9. The molecule has 0 aromatic heterocycles. The summed E-state index contributed by atoms with van der Waals surface area (Å²) in [4.78, 5) is 11.5. The molecule has 0 spiro atoms. The lowest BCUT2D eigenvalue weighted by Gasteiger charge is -2.17. The van der Waals surface area contributed by atoms with Crippen molar-refractivity contribution in [1.29, 1.82) is 0 Å². The van der Waals surface area contributed by atoms with E-state index >= 15 is 0 Å². The van der Waals surface area contributed by atoms with Gasteiger partial charge in [0.25, 0.3) is 0 Å². The second-order valence-electron chi connectivity index (χ2n) is 7.28. The third-order valence-electron chi connectivity index (χ3n) is 4.73. The summed E-state index contributed by atoms with van der Waals surface area (Å²) in [6, 6.07) is 0. The highest BCUT2D eigenvalue weighted by molar-refractivity contribution is 5.73. The fourth-order valence-electron chi connectivity index (χ4n) is 3.06. The average molecular weight is 343 g/mol. The number of carbonyl (C=O) groups is 1. The van der Waals surface area contributed by atoms with E-state index in [0.717, 1.165) is 12.8 Å². The predicted molar refractivity (Wildman–Crippen MR) is 102 cm³/mol. The molecule has 0 aromatic rings. The molecule has 1 unspecified atom stereocenters. The van der Waals surface area contributed by atoms with Crippen molar-refractivity contribution in [1.82, 2.24) is 0 Å². The summed E-state index contributed by atoms with van der Waals surface area (Å²) in [6.45, 7) is 6.44. The minimum atomic E-state index is -1.01. The van der Waals surface area contributed by atoms with Crippen molar-refractivity contribution in [2.24, 2.45) is 5.92 Å². The maximum Gasteiger partial charge on any atom is 0.334 e. The van der Waals surface area contributed by atoms with E-state index in [0.29, 0.717) is 12.5 Å². The van der Waals surface area contributed by atoms with E-state index in [9.17, 15) is 9.90 Å². The zero-order valence-electron chi connectivity index (χ0n) is 16.5. The molecule has 0 radical (unpaired) electrons. The zero-order chi connectivity index (χ0) is 18.0. The van der Waals surface area contributed by atoms with E-state index < -0.39 is 12.1 Å². The van der Waals surface area contributed by atoms with Crippen LogP contribution in [0.3, 0.4) is 0 Å². The van der Waals surface area contributed by atoms with Crippen LogP contribution in [0, 0.1) is 5.92 Å². The van der Waals surface area contributed by atoms with E-state index in [1.807, 2.05) is 0 Å². The van der Waals surface area contributed by atoms with Crippen molar-refractivity contribution in [2.75, 3.05) is 6.61 Å². The predicted octanol–water partition coefficient (Wildman–Crippen LogP) is 6.03. The molecule has 1 atom stereocenters. The van der Waals surface area contributed by atoms with Gasteiger partial charge in [-0.05, 0) is 25.7 Å². The first-order chi connectivity index (χ1) is 11.6. The third kappa shape index (κ3) is 15.0. The topological polar surface area (TPSA) is 46.5 Å². The Bertz CT molecular complexity index is 260. The molecule has 3 heteroatoms. The Kier molecular flexibility index (Phi) is 16.8. The summed E-state index contributed by atoms with van der Waals surface area (Å²) in [7, 11) is 0. The lowest BCUT2D eigenvalue weighted by Crippen LogP contribution is -2.22. The van der Waals surface area contributed by atoms with Crippen molar-refractivity contribution in [3.05, 3.63) is 0 Å². The van der Waals surface area contributed by atoms with Crippen LogP contribution >= 0.6 is 0 Å². The highest BCUT2D eigenvalue weighted by Gasteiger charge is 2.15. The summed E-state index contributed by atoms with van der Waals surface area (Å²) in [5, 5.41) is 9.25. The number of unbranched alkanes of at least 4 members (excludes halogenated alkanes) is 10.